The maximum Gasteiger partial charge on any atom is -0.0100 e. The molecule has 2 rings (SSSR count). The maximum absolute atomic E-state index is 2.43. The molecule has 1 aliphatic rings. The van der Waals surface area contributed by atoms with Gasteiger partial charge in [-0.15, -0.1) is 0 Å². The van der Waals surface area contributed by atoms with Crippen LogP contribution in [-0.4, -0.2) is 0 Å². The lowest BCUT2D eigenvalue weighted by Gasteiger charge is -2.42. The van der Waals surface area contributed by atoms with Gasteiger partial charge in [-0.25, -0.2) is 0 Å². The van der Waals surface area contributed by atoms with Crippen LogP contribution in [-0.2, 0) is 10.8 Å². The largest absolute Gasteiger partial charge is 0.0847 e. The molecule has 0 atom stereocenters. The van der Waals surface area contributed by atoms with E-state index in [0.29, 0.717) is 5.41 Å². The van der Waals surface area contributed by atoms with Crippen molar-refractivity contribution in [3.63, 3.8) is 0 Å². The van der Waals surface area contributed by atoms with Crippen LogP contribution < -0.4 is 0 Å². The zero-order valence-corrected chi connectivity index (χ0v) is 16.0. The predicted octanol–water partition coefficient (Wildman–Crippen LogP) is 6.96. The molecule has 0 aromatic heterocycles. The smallest absolute Gasteiger partial charge is 0.0100 e. The topological polar surface area (TPSA) is 0 Å². The van der Waals surface area contributed by atoms with Crippen LogP contribution in [0.25, 0.3) is 5.57 Å². The minimum Gasteiger partial charge on any atom is -0.0847 e. The molecule has 0 nitrogen and oxygen atoms in total. The van der Waals surface area contributed by atoms with Crippen LogP contribution in [0, 0.1) is 0 Å². The van der Waals surface area contributed by atoms with Crippen molar-refractivity contribution in [2.24, 2.45) is 0 Å². The van der Waals surface area contributed by atoms with Gasteiger partial charge in [-0.1, -0.05) is 75.8 Å². The first-order valence-corrected chi connectivity index (χ1v) is 8.81. The molecule has 0 heterocycles. The third-order valence-electron chi connectivity index (χ3n) is 5.47. The Labute approximate surface area is 143 Å². The molecule has 1 aromatic rings. The van der Waals surface area contributed by atoms with E-state index in [2.05, 4.69) is 91.0 Å². The summed E-state index contributed by atoms with van der Waals surface area (Å²) in [4.78, 5) is 0. The summed E-state index contributed by atoms with van der Waals surface area (Å²) in [6.07, 6.45) is 11.2. The van der Waals surface area contributed by atoms with Gasteiger partial charge in [0.05, 0.1) is 0 Å². The molecule has 0 fully saturated rings. The van der Waals surface area contributed by atoms with E-state index >= 15 is 0 Å². The third kappa shape index (κ3) is 3.86. The van der Waals surface area contributed by atoms with Crippen LogP contribution in [0.4, 0.5) is 0 Å². The van der Waals surface area contributed by atoms with Gasteiger partial charge in [0.1, 0.15) is 0 Å². The number of rotatable bonds is 3. The van der Waals surface area contributed by atoms with E-state index in [1.165, 1.54) is 40.7 Å². The van der Waals surface area contributed by atoms with Crippen molar-refractivity contribution < 1.29 is 0 Å². The fourth-order valence-corrected chi connectivity index (χ4v) is 3.37. The first-order chi connectivity index (χ1) is 10.7. The van der Waals surface area contributed by atoms with E-state index in [1.54, 1.807) is 0 Å². The number of fused-ring (bicyclic) bond motifs is 1. The van der Waals surface area contributed by atoms with Gasteiger partial charge in [-0.3, -0.25) is 0 Å². The van der Waals surface area contributed by atoms with Crippen molar-refractivity contribution in [3.8, 4) is 0 Å². The zero-order valence-electron chi connectivity index (χ0n) is 16.0. The normalized spacial score (nSPS) is 20.7. The molecule has 0 saturated carbocycles. The van der Waals surface area contributed by atoms with Crippen LogP contribution in [0.5, 0.6) is 0 Å². The summed E-state index contributed by atoms with van der Waals surface area (Å²) in [6, 6.07) is 7.09. The minimum absolute atomic E-state index is 0.276. The lowest BCUT2D eigenvalue weighted by Crippen LogP contribution is -2.33. The number of hydrogen-bond acceptors (Lipinski definition) is 0. The SMILES string of the molecule is C/C=C(C)/C=C/C=C(/C)c1ccc2c(c1)C(C)(C)CCC2(C)C. The van der Waals surface area contributed by atoms with Crippen LogP contribution in [0.2, 0.25) is 0 Å². The lowest BCUT2D eigenvalue weighted by atomic mass is 9.63. The fraction of sp³-hybridized carbons (Fsp3) is 0.478. The van der Waals surface area contributed by atoms with Crippen molar-refractivity contribution in [1.82, 2.24) is 0 Å². The van der Waals surface area contributed by atoms with E-state index < -0.39 is 0 Å². The van der Waals surface area contributed by atoms with Gasteiger partial charge < -0.3 is 0 Å². The molecule has 0 spiro atoms. The van der Waals surface area contributed by atoms with Crippen molar-refractivity contribution in [1.29, 1.82) is 0 Å². The van der Waals surface area contributed by atoms with Gasteiger partial charge in [0.2, 0.25) is 0 Å². The average Bonchev–Trinajstić information content (AvgIpc) is 2.51. The first-order valence-electron chi connectivity index (χ1n) is 8.81. The second-order valence-electron chi connectivity index (χ2n) is 8.27. The minimum atomic E-state index is 0.276. The second kappa shape index (κ2) is 6.51. The molecule has 0 aliphatic heterocycles. The quantitative estimate of drug-likeness (QED) is 0.529. The molecular weight excluding hydrogens is 276 g/mol. The Balaban J connectivity index is 2.40. The molecule has 1 aliphatic carbocycles. The van der Waals surface area contributed by atoms with Gasteiger partial charge in [0.25, 0.3) is 0 Å². The predicted molar refractivity (Wildman–Crippen MR) is 104 cm³/mol. The van der Waals surface area contributed by atoms with Crippen LogP contribution in [0.1, 0.15) is 78.0 Å². The van der Waals surface area contributed by atoms with Gasteiger partial charge in [0.15, 0.2) is 0 Å². The molecular formula is C23H32. The van der Waals surface area contributed by atoms with Crippen molar-refractivity contribution >= 4 is 5.57 Å². The third-order valence-corrected chi connectivity index (χ3v) is 5.47. The van der Waals surface area contributed by atoms with Crippen molar-refractivity contribution in [3.05, 3.63) is 64.8 Å². The second-order valence-corrected chi connectivity index (χ2v) is 8.27. The number of hydrogen-bond donors (Lipinski definition) is 0. The summed E-state index contributed by atoms with van der Waals surface area (Å²) in [6.45, 7) is 15.9. The summed E-state index contributed by atoms with van der Waals surface area (Å²) in [5.74, 6) is 0. The molecule has 0 bridgehead atoms. The van der Waals surface area contributed by atoms with E-state index in [1.807, 2.05) is 0 Å². The molecule has 0 saturated heterocycles. The highest BCUT2D eigenvalue weighted by Crippen LogP contribution is 2.46. The molecule has 124 valence electrons. The lowest BCUT2D eigenvalue weighted by molar-refractivity contribution is 0.332. The van der Waals surface area contributed by atoms with Gasteiger partial charge in [0, 0.05) is 0 Å². The summed E-state index contributed by atoms with van der Waals surface area (Å²) >= 11 is 0. The number of benzene rings is 1. The summed E-state index contributed by atoms with van der Waals surface area (Å²) in [5, 5.41) is 0. The van der Waals surface area contributed by atoms with Crippen molar-refractivity contribution in [2.45, 2.75) is 72.1 Å². The Hall–Kier alpha value is -1.56. The van der Waals surface area contributed by atoms with Gasteiger partial charge in [-0.2, -0.15) is 0 Å². The van der Waals surface area contributed by atoms with E-state index in [9.17, 15) is 0 Å². The average molecular weight is 309 g/mol. The van der Waals surface area contributed by atoms with E-state index in [-0.39, 0.29) is 5.41 Å². The zero-order chi connectivity index (χ0) is 17.3. The van der Waals surface area contributed by atoms with Gasteiger partial charge >= 0.3 is 0 Å². The Bertz CT molecular complexity index is 663. The highest BCUT2D eigenvalue weighted by atomic mass is 14.4. The fourth-order valence-electron chi connectivity index (χ4n) is 3.37. The summed E-state index contributed by atoms with van der Waals surface area (Å²) in [5.41, 5.74) is 7.60. The van der Waals surface area contributed by atoms with E-state index in [0.717, 1.165) is 0 Å². The van der Waals surface area contributed by atoms with Gasteiger partial charge in [-0.05, 0) is 66.7 Å². The highest BCUT2D eigenvalue weighted by Gasteiger charge is 2.36. The maximum atomic E-state index is 2.43. The van der Waals surface area contributed by atoms with Crippen LogP contribution in [0.3, 0.4) is 0 Å². The summed E-state index contributed by atoms with van der Waals surface area (Å²) in [7, 11) is 0. The summed E-state index contributed by atoms with van der Waals surface area (Å²) < 4.78 is 0. The molecule has 0 radical (unpaired) electrons. The monoisotopic (exact) mass is 308 g/mol. The molecule has 0 heteroatoms. The van der Waals surface area contributed by atoms with Crippen LogP contribution >= 0.6 is 0 Å². The molecule has 1 aromatic carbocycles. The first kappa shape index (κ1) is 17.8. The Morgan fingerprint density at radius 3 is 2.17 bits per heavy atom. The van der Waals surface area contributed by atoms with Crippen LogP contribution in [0.15, 0.2) is 48.1 Å². The highest BCUT2D eigenvalue weighted by molar-refractivity contribution is 5.67. The Kier molecular flexibility index (Phi) is 5.04. The Morgan fingerprint density at radius 2 is 1.57 bits per heavy atom. The molecule has 23 heavy (non-hydrogen) atoms. The molecule has 0 amide bonds. The Morgan fingerprint density at radius 1 is 0.957 bits per heavy atom. The molecule has 0 unspecified atom stereocenters. The standard InChI is InChI=1S/C23H32/c1-8-17(2)10-9-11-18(3)19-12-13-20-21(16-19)23(6,7)15-14-22(20,4)5/h8-13,16H,14-15H2,1-7H3/b10-9+,17-8+,18-11-. The molecule has 0 N–H and O–H groups in total. The number of allylic oxidation sites excluding steroid dienone is 6. The van der Waals surface area contributed by atoms with Crippen molar-refractivity contribution in [2.75, 3.05) is 0 Å². The van der Waals surface area contributed by atoms with E-state index in [4.69, 9.17) is 0 Å².